The Labute approximate surface area is 122 Å². The normalized spacial score (nSPS) is 14.6. The molecule has 0 aromatic carbocycles. The van der Waals surface area contributed by atoms with Crippen LogP contribution >= 0.6 is 0 Å². The molecule has 0 radical (unpaired) electrons. The lowest BCUT2D eigenvalue weighted by Crippen LogP contribution is -2.31. The molecular formula is C15H27N5. The number of rotatable bonds is 9. The third-order valence-corrected chi connectivity index (χ3v) is 3.68. The number of nitrogens with zero attached hydrogens (tertiary/aromatic N) is 3. The summed E-state index contributed by atoms with van der Waals surface area (Å²) in [6.45, 7) is 7.55. The molecule has 1 aliphatic rings. The van der Waals surface area contributed by atoms with Gasteiger partial charge < -0.3 is 10.6 Å². The van der Waals surface area contributed by atoms with Gasteiger partial charge in [0, 0.05) is 38.7 Å². The first-order chi connectivity index (χ1) is 9.76. The molecule has 20 heavy (non-hydrogen) atoms. The van der Waals surface area contributed by atoms with Crippen molar-refractivity contribution in [3.63, 3.8) is 0 Å². The van der Waals surface area contributed by atoms with Crippen LogP contribution in [0.15, 0.2) is 6.07 Å². The quantitative estimate of drug-likeness (QED) is 0.726. The average Bonchev–Trinajstić information content (AvgIpc) is 3.28. The van der Waals surface area contributed by atoms with Gasteiger partial charge in [0.2, 0.25) is 0 Å². The van der Waals surface area contributed by atoms with Gasteiger partial charge in [-0.05, 0) is 25.8 Å². The summed E-state index contributed by atoms with van der Waals surface area (Å²) in [5, 5.41) is 6.54. The van der Waals surface area contributed by atoms with E-state index in [0.717, 1.165) is 56.0 Å². The van der Waals surface area contributed by atoms with Crippen molar-refractivity contribution in [2.75, 3.05) is 37.3 Å². The number of nitrogens with one attached hydrogen (secondary N) is 2. The van der Waals surface area contributed by atoms with Crippen molar-refractivity contribution in [3.05, 3.63) is 11.9 Å². The maximum absolute atomic E-state index is 4.57. The highest BCUT2D eigenvalue weighted by Gasteiger charge is 2.27. The number of aryl methyl sites for hydroxylation is 1. The number of hydrogen-bond donors (Lipinski definition) is 2. The van der Waals surface area contributed by atoms with Gasteiger partial charge in [0.1, 0.15) is 17.5 Å². The minimum absolute atomic E-state index is 0.829. The molecule has 0 saturated heterocycles. The van der Waals surface area contributed by atoms with E-state index in [4.69, 9.17) is 0 Å². The molecule has 0 atom stereocenters. The fourth-order valence-electron chi connectivity index (χ4n) is 2.42. The van der Waals surface area contributed by atoms with Crippen LogP contribution in [0.5, 0.6) is 0 Å². The van der Waals surface area contributed by atoms with Gasteiger partial charge in [-0.15, -0.1) is 0 Å². The number of hydrogen-bond acceptors (Lipinski definition) is 5. The van der Waals surface area contributed by atoms with Gasteiger partial charge in [-0.2, -0.15) is 0 Å². The lowest BCUT2D eigenvalue weighted by Gasteiger charge is -2.20. The smallest absolute Gasteiger partial charge is 0.133 e. The summed E-state index contributed by atoms with van der Waals surface area (Å²) in [6, 6.07) is 2.81. The monoisotopic (exact) mass is 277 g/mol. The van der Waals surface area contributed by atoms with Crippen LogP contribution in [0.2, 0.25) is 0 Å². The van der Waals surface area contributed by atoms with Gasteiger partial charge in [0.25, 0.3) is 0 Å². The van der Waals surface area contributed by atoms with Crippen molar-refractivity contribution in [2.45, 2.75) is 45.6 Å². The molecule has 1 heterocycles. The standard InChI is InChI=1S/C15H27N5/c1-4-6-13-18-14(16-3)11-15(19-13)17-9-10-20(5-2)12-7-8-12/h11-12H,4-10H2,1-3H3,(H2,16,17,18,19). The highest BCUT2D eigenvalue weighted by atomic mass is 15.2. The van der Waals surface area contributed by atoms with Gasteiger partial charge >= 0.3 is 0 Å². The lowest BCUT2D eigenvalue weighted by atomic mass is 10.3. The molecule has 1 aromatic heterocycles. The Bertz CT molecular complexity index is 417. The molecule has 0 aliphatic heterocycles. The Morgan fingerprint density at radius 1 is 1.25 bits per heavy atom. The van der Waals surface area contributed by atoms with Crippen molar-refractivity contribution in [3.8, 4) is 0 Å². The predicted molar refractivity (Wildman–Crippen MR) is 84.3 cm³/mol. The molecular weight excluding hydrogens is 250 g/mol. The first-order valence-electron chi connectivity index (χ1n) is 7.80. The minimum Gasteiger partial charge on any atom is -0.373 e. The van der Waals surface area contributed by atoms with Gasteiger partial charge in [0.15, 0.2) is 0 Å². The van der Waals surface area contributed by atoms with Crippen LogP contribution in [0.4, 0.5) is 11.6 Å². The van der Waals surface area contributed by atoms with Crippen LogP contribution in [0.25, 0.3) is 0 Å². The zero-order valence-electron chi connectivity index (χ0n) is 12.9. The molecule has 0 bridgehead atoms. The summed E-state index contributed by atoms with van der Waals surface area (Å²) in [7, 11) is 1.90. The Balaban J connectivity index is 1.88. The molecule has 2 N–H and O–H groups in total. The van der Waals surface area contributed by atoms with Crippen LogP contribution in [-0.2, 0) is 6.42 Å². The molecule has 1 fully saturated rings. The van der Waals surface area contributed by atoms with E-state index < -0.39 is 0 Å². The average molecular weight is 277 g/mol. The third kappa shape index (κ3) is 4.34. The van der Waals surface area contributed by atoms with Crippen LogP contribution in [0.3, 0.4) is 0 Å². The summed E-state index contributed by atoms with van der Waals surface area (Å²) in [4.78, 5) is 11.6. The molecule has 1 aliphatic carbocycles. The van der Waals surface area contributed by atoms with Gasteiger partial charge in [-0.1, -0.05) is 13.8 Å². The van der Waals surface area contributed by atoms with Crippen molar-refractivity contribution in [1.29, 1.82) is 0 Å². The third-order valence-electron chi connectivity index (χ3n) is 3.68. The Morgan fingerprint density at radius 3 is 2.60 bits per heavy atom. The van der Waals surface area contributed by atoms with E-state index in [-0.39, 0.29) is 0 Å². The Morgan fingerprint density at radius 2 is 2.00 bits per heavy atom. The molecule has 0 unspecified atom stereocenters. The maximum atomic E-state index is 4.57. The largest absolute Gasteiger partial charge is 0.373 e. The maximum Gasteiger partial charge on any atom is 0.133 e. The zero-order valence-corrected chi connectivity index (χ0v) is 12.9. The zero-order chi connectivity index (χ0) is 14.4. The van der Waals surface area contributed by atoms with Crippen LogP contribution < -0.4 is 10.6 Å². The predicted octanol–water partition coefficient (Wildman–Crippen LogP) is 2.37. The fourth-order valence-corrected chi connectivity index (χ4v) is 2.42. The number of anilines is 2. The second kappa shape index (κ2) is 7.43. The number of likely N-dealkylation sites (N-methyl/N-ethyl adjacent to an activating group) is 1. The number of aromatic nitrogens is 2. The summed E-state index contributed by atoms with van der Waals surface area (Å²) in [5.74, 6) is 2.73. The van der Waals surface area contributed by atoms with Crippen molar-refractivity contribution in [1.82, 2.24) is 14.9 Å². The second-order valence-electron chi connectivity index (χ2n) is 5.34. The summed E-state index contributed by atoms with van der Waals surface area (Å²) in [6.07, 6.45) is 4.73. The van der Waals surface area contributed by atoms with Crippen LogP contribution in [0.1, 0.15) is 38.9 Å². The molecule has 5 nitrogen and oxygen atoms in total. The SMILES string of the molecule is CCCc1nc(NC)cc(NCCN(CC)C2CC2)n1. The second-order valence-corrected chi connectivity index (χ2v) is 5.34. The highest BCUT2D eigenvalue weighted by Crippen LogP contribution is 2.26. The highest BCUT2D eigenvalue weighted by molar-refractivity contribution is 5.47. The van der Waals surface area contributed by atoms with E-state index in [2.05, 4.69) is 39.3 Å². The van der Waals surface area contributed by atoms with E-state index in [9.17, 15) is 0 Å². The van der Waals surface area contributed by atoms with Crippen LogP contribution in [-0.4, -0.2) is 47.6 Å². The minimum atomic E-state index is 0.829. The van der Waals surface area contributed by atoms with Crippen molar-refractivity contribution < 1.29 is 0 Å². The molecule has 0 spiro atoms. The van der Waals surface area contributed by atoms with Crippen LogP contribution in [0, 0.1) is 0 Å². The molecule has 2 rings (SSSR count). The van der Waals surface area contributed by atoms with E-state index >= 15 is 0 Å². The van der Waals surface area contributed by atoms with Gasteiger partial charge in [0.05, 0.1) is 0 Å². The van der Waals surface area contributed by atoms with Crippen molar-refractivity contribution in [2.24, 2.45) is 0 Å². The lowest BCUT2D eigenvalue weighted by molar-refractivity contribution is 0.289. The first-order valence-corrected chi connectivity index (χ1v) is 7.80. The molecule has 5 heteroatoms. The Hall–Kier alpha value is -1.36. The van der Waals surface area contributed by atoms with E-state index in [1.807, 2.05) is 13.1 Å². The van der Waals surface area contributed by atoms with E-state index in [1.165, 1.54) is 12.8 Å². The summed E-state index contributed by atoms with van der Waals surface area (Å²) >= 11 is 0. The molecule has 1 saturated carbocycles. The first kappa shape index (κ1) is 15.0. The summed E-state index contributed by atoms with van der Waals surface area (Å²) in [5.41, 5.74) is 0. The molecule has 1 aromatic rings. The van der Waals surface area contributed by atoms with Crippen molar-refractivity contribution >= 4 is 11.6 Å². The molecule has 112 valence electrons. The van der Waals surface area contributed by atoms with Gasteiger partial charge in [-0.25, -0.2) is 9.97 Å². The Kier molecular flexibility index (Phi) is 5.59. The topological polar surface area (TPSA) is 53.1 Å². The summed E-state index contributed by atoms with van der Waals surface area (Å²) < 4.78 is 0. The van der Waals surface area contributed by atoms with E-state index in [0.29, 0.717) is 0 Å². The molecule has 0 amide bonds. The fraction of sp³-hybridized carbons (Fsp3) is 0.733. The van der Waals surface area contributed by atoms with Gasteiger partial charge in [-0.3, -0.25) is 4.90 Å². The van der Waals surface area contributed by atoms with E-state index in [1.54, 1.807) is 0 Å².